The molecule has 5 aliphatic heterocycles. The van der Waals surface area contributed by atoms with Crippen molar-refractivity contribution in [1.82, 2.24) is 9.80 Å². The predicted octanol–water partition coefficient (Wildman–Crippen LogP) is 6.99. The van der Waals surface area contributed by atoms with Gasteiger partial charge in [0.1, 0.15) is 0 Å². The van der Waals surface area contributed by atoms with Gasteiger partial charge in [-0.2, -0.15) is 0 Å². The Kier molecular flexibility index (Phi) is 11.9. The molecule has 0 aromatic carbocycles. The molecule has 4 fully saturated rings. The number of hydrogen-bond donors (Lipinski definition) is 1. The van der Waals surface area contributed by atoms with E-state index in [1.165, 1.54) is 129 Å². The summed E-state index contributed by atoms with van der Waals surface area (Å²) in [6.45, 7) is 7.15. The standard InChI is InChI=1S/C32H54N2O/c35-31-19-15-11-7-6-10-14-18-29-25-33-21-16-12-8-4-2-1-3-5-9-13-17-28-23-30(32(29)20-22-33)26-34(24-28)27-31/h6-7,10-11,15,19,28-32,35H,1-5,8-9,12-14,16-18,20-27H2/b10-6-,11-7-,19-15-/t28-,29-,30-,31?,32-/m0/s1. The molecule has 0 amide bonds. The Morgan fingerprint density at radius 3 is 2.11 bits per heavy atom. The average Bonchev–Trinajstić information content (AvgIpc) is 2.85. The molecular weight excluding hydrogens is 428 g/mol. The molecule has 0 spiro atoms. The summed E-state index contributed by atoms with van der Waals surface area (Å²) in [5.74, 6) is 3.33. The quantitative estimate of drug-likeness (QED) is 0.403. The van der Waals surface area contributed by atoms with Gasteiger partial charge in [-0.05, 0) is 75.3 Å². The van der Waals surface area contributed by atoms with Crippen LogP contribution in [0.1, 0.15) is 96.3 Å². The maximum atomic E-state index is 10.7. The summed E-state index contributed by atoms with van der Waals surface area (Å²) in [4.78, 5) is 5.46. The molecule has 4 saturated heterocycles. The normalized spacial score (nSPS) is 41.6. The molecule has 1 N–H and O–H groups in total. The van der Waals surface area contributed by atoms with Crippen LogP contribution in [0.15, 0.2) is 36.5 Å². The molecule has 0 aliphatic carbocycles. The summed E-state index contributed by atoms with van der Waals surface area (Å²) in [5.41, 5.74) is 0. The molecule has 0 saturated carbocycles. The molecule has 35 heavy (non-hydrogen) atoms. The first-order chi connectivity index (χ1) is 17.3. The molecule has 0 aromatic heterocycles. The highest BCUT2D eigenvalue weighted by Crippen LogP contribution is 2.40. The van der Waals surface area contributed by atoms with Crippen LogP contribution < -0.4 is 0 Å². The Morgan fingerprint density at radius 2 is 1.29 bits per heavy atom. The van der Waals surface area contributed by atoms with Crippen molar-refractivity contribution in [3.05, 3.63) is 36.5 Å². The molecule has 7 atom stereocenters. The van der Waals surface area contributed by atoms with Gasteiger partial charge >= 0.3 is 0 Å². The minimum Gasteiger partial charge on any atom is -0.388 e. The second-order valence-corrected chi connectivity index (χ2v) is 12.3. The van der Waals surface area contributed by atoms with Crippen LogP contribution in [0.25, 0.3) is 0 Å². The van der Waals surface area contributed by atoms with Gasteiger partial charge in [0.25, 0.3) is 0 Å². The summed E-state index contributed by atoms with van der Waals surface area (Å²) < 4.78 is 0. The van der Waals surface area contributed by atoms with E-state index in [0.29, 0.717) is 0 Å². The first-order valence-electron chi connectivity index (χ1n) is 15.4. The van der Waals surface area contributed by atoms with Crippen molar-refractivity contribution in [1.29, 1.82) is 0 Å². The van der Waals surface area contributed by atoms with Crippen molar-refractivity contribution in [3.63, 3.8) is 0 Å². The van der Waals surface area contributed by atoms with Crippen molar-refractivity contribution in [2.24, 2.45) is 23.7 Å². The number of fused-ring (bicyclic) bond motifs is 13. The van der Waals surface area contributed by atoms with Crippen molar-refractivity contribution in [2.45, 2.75) is 102 Å². The van der Waals surface area contributed by atoms with Crippen LogP contribution in [0.5, 0.6) is 0 Å². The van der Waals surface area contributed by atoms with Gasteiger partial charge in [0.2, 0.25) is 0 Å². The number of allylic oxidation sites excluding steroid dienone is 5. The molecule has 3 unspecified atom stereocenters. The largest absolute Gasteiger partial charge is 0.388 e. The zero-order valence-corrected chi connectivity index (χ0v) is 22.5. The number of aliphatic hydroxyl groups excluding tert-OH is 1. The number of hydrogen-bond acceptors (Lipinski definition) is 3. The minimum absolute atomic E-state index is 0.361. The van der Waals surface area contributed by atoms with Crippen LogP contribution in [0.4, 0.5) is 0 Å². The van der Waals surface area contributed by atoms with Crippen LogP contribution in [-0.2, 0) is 0 Å². The SMILES string of the molecule is OC1\C=C/C=C\C=C/CC[C@H]2CN3CCCCCCCCCCCC[C@H]4C[C@@H](CN(C1)C4)[C@H]2CC3. The number of nitrogens with zero attached hydrogens (tertiary/aromatic N) is 2. The topological polar surface area (TPSA) is 26.7 Å². The number of rotatable bonds is 0. The zero-order valence-electron chi connectivity index (χ0n) is 22.5. The van der Waals surface area contributed by atoms with E-state index in [1.807, 2.05) is 12.2 Å². The Balaban J connectivity index is 1.50. The van der Waals surface area contributed by atoms with Crippen molar-refractivity contribution in [2.75, 3.05) is 39.3 Å². The molecule has 0 aromatic rings. The summed E-state index contributed by atoms with van der Waals surface area (Å²) in [5, 5.41) is 10.7. The second-order valence-electron chi connectivity index (χ2n) is 12.3. The van der Waals surface area contributed by atoms with Gasteiger partial charge in [-0.25, -0.2) is 0 Å². The summed E-state index contributed by atoms with van der Waals surface area (Å²) in [6.07, 6.45) is 33.5. The molecular formula is C32H54N2O. The maximum absolute atomic E-state index is 10.7. The third kappa shape index (κ3) is 9.48. The summed E-state index contributed by atoms with van der Waals surface area (Å²) >= 11 is 0. The van der Waals surface area contributed by atoms with E-state index >= 15 is 0 Å². The fourth-order valence-electron chi connectivity index (χ4n) is 7.59. The van der Waals surface area contributed by atoms with Gasteiger partial charge in [-0.1, -0.05) is 94.2 Å². The van der Waals surface area contributed by atoms with E-state index in [0.717, 1.165) is 30.2 Å². The molecule has 0 radical (unpaired) electrons. The minimum atomic E-state index is -0.361. The van der Waals surface area contributed by atoms with Crippen LogP contribution in [0, 0.1) is 23.7 Å². The highest BCUT2D eigenvalue weighted by molar-refractivity contribution is 5.12. The van der Waals surface area contributed by atoms with Crippen LogP contribution in [-0.4, -0.2) is 60.3 Å². The van der Waals surface area contributed by atoms with Gasteiger partial charge in [-0.3, -0.25) is 4.90 Å². The smallest absolute Gasteiger partial charge is 0.0850 e. The lowest BCUT2D eigenvalue weighted by atomic mass is 9.69. The van der Waals surface area contributed by atoms with Crippen LogP contribution >= 0.6 is 0 Å². The van der Waals surface area contributed by atoms with Crippen LogP contribution in [0.2, 0.25) is 0 Å². The van der Waals surface area contributed by atoms with E-state index < -0.39 is 0 Å². The molecule has 6 bridgehead atoms. The molecule has 3 nitrogen and oxygen atoms in total. The molecule has 5 rings (SSSR count). The van der Waals surface area contributed by atoms with Gasteiger partial charge in [0, 0.05) is 26.2 Å². The van der Waals surface area contributed by atoms with Gasteiger partial charge in [0.15, 0.2) is 0 Å². The van der Waals surface area contributed by atoms with E-state index in [9.17, 15) is 5.11 Å². The molecule has 5 heterocycles. The highest BCUT2D eigenvalue weighted by Gasteiger charge is 2.38. The summed E-state index contributed by atoms with van der Waals surface area (Å²) in [6, 6.07) is 0. The first kappa shape index (κ1) is 27.1. The second kappa shape index (κ2) is 15.4. The predicted molar refractivity (Wildman–Crippen MR) is 150 cm³/mol. The molecule has 3 heteroatoms. The van der Waals surface area contributed by atoms with E-state index in [4.69, 9.17) is 0 Å². The first-order valence-corrected chi connectivity index (χ1v) is 15.4. The fourth-order valence-corrected chi connectivity index (χ4v) is 7.59. The Labute approximate surface area is 216 Å². The number of aliphatic hydroxyl groups is 1. The fraction of sp³-hybridized carbons (Fsp3) is 0.812. The molecule has 198 valence electrons. The van der Waals surface area contributed by atoms with Crippen molar-refractivity contribution >= 4 is 0 Å². The van der Waals surface area contributed by atoms with E-state index in [-0.39, 0.29) is 6.10 Å². The average molecular weight is 483 g/mol. The maximum Gasteiger partial charge on any atom is 0.0850 e. The van der Waals surface area contributed by atoms with Crippen molar-refractivity contribution in [3.8, 4) is 0 Å². The third-order valence-electron chi connectivity index (χ3n) is 9.42. The van der Waals surface area contributed by atoms with Gasteiger partial charge < -0.3 is 10.0 Å². The Morgan fingerprint density at radius 1 is 0.571 bits per heavy atom. The van der Waals surface area contributed by atoms with Gasteiger partial charge in [-0.15, -0.1) is 0 Å². The lowest BCUT2D eigenvalue weighted by Crippen LogP contribution is -2.50. The highest BCUT2D eigenvalue weighted by atomic mass is 16.3. The monoisotopic (exact) mass is 482 g/mol. The zero-order chi connectivity index (χ0) is 24.1. The van der Waals surface area contributed by atoms with Gasteiger partial charge in [0.05, 0.1) is 6.10 Å². The van der Waals surface area contributed by atoms with Crippen LogP contribution in [0.3, 0.4) is 0 Å². The van der Waals surface area contributed by atoms with E-state index in [2.05, 4.69) is 34.1 Å². The van der Waals surface area contributed by atoms with Crippen molar-refractivity contribution < 1.29 is 5.11 Å². The lowest BCUT2D eigenvalue weighted by Gasteiger charge is -2.47. The Hall–Kier alpha value is -0.900. The van der Waals surface area contributed by atoms with E-state index in [1.54, 1.807) is 0 Å². The molecule has 5 aliphatic rings. The Bertz CT molecular complexity index is 670. The third-order valence-corrected chi connectivity index (χ3v) is 9.42. The summed E-state index contributed by atoms with van der Waals surface area (Å²) in [7, 11) is 0. The number of piperidine rings is 2. The lowest BCUT2D eigenvalue weighted by molar-refractivity contribution is 0.00987.